The molecule has 2 N–H and O–H groups in total. The number of hydrogen-bond acceptors (Lipinski definition) is 1. The van der Waals surface area contributed by atoms with Gasteiger partial charge in [-0.25, -0.2) is 0 Å². The number of hydrogen-bond donors (Lipinski definition) is 1. The molecule has 0 spiro atoms. The summed E-state index contributed by atoms with van der Waals surface area (Å²) in [6.07, 6.45) is 1.14. The number of rotatable bonds is 4. The highest BCUT2D eigenvalue weighted by Crippen LogP contribution is 1.82. The summed E-state index contributed by atoms with van der Waals surface area (Å²) in [4.78, 5) is 0. The van der Waals surface area contributed by atoms with Gasteiger partial charge in [-0.3, -0.25) is 0 Å². The van der Waals surface area contributed by atoms with Crippen LogP contribution in [0.5, 0.6) is 0 Å². The lowest BCUT2D eigenvalue weighted by molar-refractivity contribution is 0.927. The van der Waals surface area contributed by atoms with Crippen LogP contribution >= 0.6 is 0 Å². The first-order valence-corrected chi connectivity index (χ1v) is 3.74. The molecular formula is C5H11NSi. The highest BCUT2D eigenvalue weighted by molar-refractivity contribution is 6.41. The van der Waals surface area contributed by atoms with Gasteiger partial charge in [0.25, 0.3) is 0 Å². The fraction of sp³-hybridized carbons (Fsp3) is 0.600. The minimum absolute atomic E-state index is 0.820. The van der Waals surface area contributed by atoms with Gasteiger partial charge in [0.15, 0.2) is 0 Å². The van der Waals surface area contributed by atoms with E-state index in [-0.39, 0.29) is 0 Å². The summed E-state index contributed by atoms with van der Waals surface area (Å²) in [5, 5.41) is 0. The van der Waals surface area contributed by atoms with Gasteiger partial charge in [0, 0.05) is 0 Å². The fourth-order valence-corrected chi connectivity index (χ4v) is 0.919. The van der Waals surface area contributed by atoms with Gasteiger partial charge in [0.2, 0.25) is 0 Å². The van der Waals surface area contributed by atoms with E-state index in [2.05, 4.69) is 6.58 Å². The van der Waals surface area contributed by atoms with E-state index in [1.807, 2.05) is 5.70 Å². The normalized spacial score (nSPS) is 8.71. The lowest BCUT2D eigenvalue weighted by Crippen LogP contribution is -1.98. The van der Waals surface area contributed by atoms with E-state index in [4.69, 9.17) is 5.73 Å². The molecule has 2 radical (unpaired) electrons. The van der Waals surface area contributed by atoms with Crippen molar-refractivity contribution in [3.63, 3.8) is 0 Å². The molecule has 2 heteroatoms. The van der Waals surface area contributed by atoms with Gasteiger partial charge in [-0.1, -0.05) is 6.04 Å². The standard InChI is InChI=1S/C5H11NSi/c1-2-7-5-3-4-6/h2H,1,3-6H2. The third-order valence-electron chi connectivity index (χ3n) is 0.670. The Hall–Kier alpha value is -0.0831. The van der Waals surface area contributed by atoms with Gasteiger partial charge in [-0.05, 0) is 13.0 Å². The molecule has 0 rings (SSSR count). The molecule has 0 aromatic carbocycles. The lowest BCUT2D eigenvalue weighted by Gasteiger charge is -1.86. The van der Waals surface area contributed by atoms with Crippen molar-refractivity contribution >= 4 is 9.52 Å². The van der Waals surface area contributed by atoms with Crippen LogP contribution in [-0.4, -0.2) is 16.1 Å². The zero-order chi connectivity index (χ0) is 5.54. The monoisotopic (exact) mass is 113 g/mol. The Morgan fingerprint density at radius 2 is 2.43 bits per heavy atom. The van der Waals surface area contributed by atoms with E-state index in [1.54, 1.807) is 0 Å². The molecule has 0 aliphatic heterocycles. The molecular weight excluding hydrogens is 102 g/mol. The summed E-state index contributed by atoms with van der Waals surface area (Å²) in [6, 6.07) is 1.22. The van der Waals surface area contributed by atoms with Crippen LogP contribution in [0.25, 0.3) is 0 Å². The van der Waals surface area contributed by atoms with Crippen LogP contribution in [0, 0.1) is 0 Å². The average Bonchev–Trinajstić information content (AvgIpc) is 1.69. The lowest BCUT2D eigenvalue weighted by atomic mass is 10.5. The Labute approximate surface area is 47.4 Å². The van der Waals surface area contributed by atoms with Crippen molar-refractivity contribution in [3.8, 4) is 0 Å². The van der Waals surface area contributed by atoms with E-state index in [9.17, 15) is 0 Å². The predicted octanol–water partition coefficient (Wildman–Crippen LogP) is 0.601. The van der Waals surface area contributed by atoms with Gasteiger partial charge in [0.1, 0.15) is 0 Å². The molecule has 0 aromatic rings. The second kappa shape index (κ2) is 5.92. The summed E-state index contributed by atoms with van der Waals surface area (Å²) < 4.78 is 0. The van der Waals surface area contributed by atoms with Crippen LogP contribution in [0.4, 0.5) is 0 Å². The average molecular weight is 113 g/mol. The zero-order valence-electron chi connectivity index (χ0n) is 4.48. The molecule has 0 heterocycles. The third-order valence-corrected chi connectivity index (χ3v) is 1.60. The molecule has 40 valence electrons. The van der Waals surface area contributed by atoms with Crippen molar-refractivity contribution < 1.29 is 0 Å². The molecule has 0 aromatic heterocycles. The molecule has 0 saturated heterocycles. The van der Waals surface area contributed by atoms with Crippen molar-refractivity contribution in [2.45, 2.75) is 12.5 Å². The SMILES string of the molecule is C=C[Si]CCCN. The Bertz CT molecular complexity index is 45.3. The largest absolute Gasteiger partial charge is 0.330 e. The van der Waals surface area contributed by atoms with Gasteiger partial charge < -0.3 is 5.73 Å². The Kier molecular flexibility index (Phi) is 5.85. The zero-order valence-corrected chi connectivity index (χ0v) is 5.48. The first-order chi connectivity index (χ1) is 3.41. The first-order valence-electron chi connectivity index (χ1n) is 2.46. The van der Waals surface area contributed by atoms with E-state index < -0.39 is 0 Å². The molecule has 0 unspecified atom stereocenters. The molecule has 0 fully saturated rings. The maximum absolute atomic E-state index is 5.24. The van der Waals surface area contributed by atoms with Crippen molar-refractivity contribution in [1.82, 2.24) is 0 Å². The van der Waals surface area contributed by atoms with E-state index in [0.29, 0.717) is 0 Å². The summed E-state index contributed by atoms with van der Waals surface area (Å²) in [6.45, 7) is 4.42. The predicted molar refractivity (Wildman–Crippen MR) is 34.4 cm³/mol. The smallest absolute Gasteiger partial charge is 0.0695 e. The highest BCUT2D eigenvalue weighted by atomic mass is 28.2. The van der Waals surface area contributed by atoms with E-state index in [1.165, 1.54) is 6.04 Å². The molecule has 0 atom stereocenters. The third kappa shape index (κ3) is 5.92. The summed E-state index contributed by atoms with van der Waals surface area (Å²) in [5.74, 6) is 0. The first kappa shape index (κ1) is 6.92. The minimum atomic E-state index is 0.820. The molecule has 7 heavy (non-hydrogen) atoms. The van der Waals surface area contributed by atoms with Gasteiger partial charge in [-0.15, -0.1) is 12.3 Å². The molecule has 0 amide bonds. The van der Waals surface area contributed by atoms with Crippen LogP contribution < -0.4 is 5.73 Å². The molecule has 0 bridgehead atoms. The Morgan fingerprint density at radius 1 is 1.71 bits per heavy atom. The van der Waals surface area contributed by atoms with Gasteiger partial charge >= 0.3 is 0 Å². The van der Waals surface area contributed by atoms with Crippen LogP contribution in [0.1, 0.15) is 6.42 Å². The highest BCUT2D eigenvalue weighted by Gasteiger charge is 1.79. The van der Waals surface area contributed by atoms with E-state index in [0.717, 1.165) is 22.5 Å². The van der Waals surface area contributed by atoms with Crippen LogP contribution in [0.3, 0.4) is 0 Å². The van der Waals surface area contributed by atoms with Crippen LogP contribution in [0.2, 0.25) is 6.04 Å². The van der Waals surface area contributed by atoms with Crippen molar-refractivity contribution in [3.05, 3.63) is 12.3 Å². The second-order valence-corrected chi connectivity index (χ2v) is 2.62. The maximum Gasteiger partial charge on any atom is 0.0695 e. The summed E-state index contributed by atoms with van der Waals surface area (Å²) in [7, 11) is 0.906. The van der Waals surface area contributed by atoms with Gasteiger partial charge in [0.05, 0.1) is 9.52 Å². The Morgan fingerprint density at radius 3 is 2.86 bits per heavy atom. The molecule has 0 aliphatic carbocycles. The topological polar surface area (TPSA) is 26.0 Å². The van der Waals surface area contributed by atoms with E-state index >= 15 is 0 Å². The Balaban J connectivity index is 2.56. The van der Waals surface area contributed by atoms with Gasteiger partial charge in [-0.2, -0.15) is 0 Å². The fourth-order valence-electron chi connectivity index (χ4n) is 0.306. The molecule has 0 aliphatic rings. The minimum Gasteiger partial charge on any atom is -0.330 e. The summed E-state index contributed by atoms with van der Waals surface area (Å²) >= 11 is 0. The molecule has 1 nitrogen and oxygen atoms in total. The van der Waals surface area contributed by atoms with Crippen LogP contribution in [0.15, 0.2) is 12.3 Å². The van der Waals surface area contributed by atoms with Crippen molar-refractivity contribution in [1.29, 1.82) is 0 Å². The van der Waals surface area contributed by atoms with Crippen molar-refractivity contribution in [2.24, 2.45) is 5.73 Å². The quantitative estimate of drug-likeness (QED) is 0.419. The molecule has 0 saturated carbocycles. The number of nitrogens with two attached hydrogens (primary N) is 1. The van der Waals surface area contributed by atoms with Crippen molar-refractivity contribution in [2.75, 3.05) is 6.54 Å². The second-order valence-electron chi connectivity index (χ2n) is 1.30. The van der Waals surface area contributed by atoms with Crippen LogP contribution in [-0.2, 0) is 0 Å². The summed E-state index contributed by atoms with van der Waals surface area (Å²) in [5.41, 5.74) is 7.19. The maximum atomic E-state index is 5.24.